The molecule has 46 valence electrons. The fourth-order valence-corrected chi connectivity index (χ4v) is 0.317. The van der Waals surface area contributed by atoms with Gasteiger partial charge in [0, 0.05) is 5.54 Å². The number of halogens is 1. The van der Waals surface area contributed by atoms with Crippen LogP contribution in [-0.4, -0.2) is 17.1 Å². The van der Waals surface area contributed by atoms with Crippen LogP contribution in [0.2, 0.25) is 0 Å². The summed E-state index contributed by atoms with van der Waals surface area (Å²) in [5, 5.41) is 8.08. The van der Waals surface area contributed by atoms with Crippen molar-refractivity contribution in [3.8, 4) is 0 Å². The van der Waals surface area contributed by atoms with Gasteiger partial charge in [0.25, 0.3) is 0 Å². The fraction of sp³-hybridized carbons (Fsp3) is 0.250. The average molecular weight is 136 g/mol. The van der Waals surface area contributed by atoms with E-state index in [1.165, 1.54) is 6.08 Å². The molecule has 0 saturated heterocycles. The minimum Gasteiger partial charge on any atom is -0.480 e. The van der Waals surface area contributed by atoms with E-state index in [0.29, 0.717) is 0 Å². The van der Waals surface area contributed by atoms with E-state index in [1.807, 2.05) is 0 Å². The zero-order valence-electron chi connectivity index (χ0n) is 4.04. The summed E-state index contributed by atoms with van der Waals surface area (Å²) in [6.45, 7) is 0. The smallest absolute Gasteiger partial charge is 0.324 e. The Kier molecular flexibility index (Phi) is 3.23. The molecule has 4 heteroatoms. The van der Waals surface area contributed by atoms with Gasteiger partial charge in [0.05, 0.1) is 0 Å². The second-order valence-corrected chi connectivity index (χ2v) is 1.43. The molecule has 0 heterocycles. The second-order valence-electron chi connectivity index (χ2n) is 1.18. The standard InChI is InChI=1S/C4H6ClNO2/c5-2-1-3(6)4(7)8/h1-3H,6H2,(H,7,8)/b2-1+/t3-/m1/s1. The summed E-state index contributed by atoms with van der Waals surface area (Å²) in [5.41, 5.74) is 6.04. The van der Waals surface area contributed by atoms with Crippen LogP contribution in [0.5, 0.6) is 0 Å². The molecule has 0 aliphatic rings. The number of carbonyl (C=O) groups is 1. The maximum Gasteiger partial charge on any atom is 0.324 e. The molecule has 0 saturated carbocycles. The van der Waals surface area contributed by atoms with Gasteiger partial charge in [-0.25, -0.2) is 0 Å². The first-order valence-electron chi connectivity index (χ1n) is 1.93. The van der Waals surface area contributed by atoms with Gasteiger partial charge < -0.3 is 10.8 Å². The van der Waals surface area contributed by atoms with Gasteiger partial charge in [-0.05, 0) is 6.08 Å². The van der Waals surface area contributed by atoms with Crippen molar-refractivity contribution in [2.24, 2.45) is 5.73 Å². The van der Waals surface area contributed by atoms with Crippen molar-refractivity contribution in [2.75, 3.05) is 0 Å². The molecule has 0 rings (SSSR count). The Morgan fingerprint density at radius 3 is 2.50 bits per heavy atom. The Balaban J connectivity index is 3.64. The van der Waals surface area contributed by atoms with E-state index < -0.39 is 12.0 Å². The Bertz CT molecular complexity index is 113. The number of carboxylic acid groups (broad SMARTS) is 1. The molecule has 0 aromatic rings. The van der Waals surface area contributed by atoms with Crippen molar-refractivity contribution in [3.05, 3.63) is 11.6 Å². The number of hydrogen-bond donors (Lipinski definition) is 2. The molecule has 0 fully saturated rings. The van der Waals surface area contributed by atoms with Crippen LogP contribution in [0.15, 0.2) is 11.6 Å². The van der Waals surface area contributed by atoms with Gasteiger partial charge in [0.2, 0.25) is 0 Å². The third-order valence-corrected chi connectivity index (χ3v) is 0.711. The molecule has 3 N–H and O–H groups in total. The molecular formula is C4H6ClNO2. The summed E-state index contributed by atoms with van der Waals surface area (Å²) in [4.78, 5) is 9.85. The normalized spacial score (nSPS) is 14.2. The van der Waals surface area contributed by atoms with Crippen LogP contribution < -0.4 is 5.73 Å². The largest absolute Gasteiger partial charge is 0.480 e. The average Bonchev–Trinajstić information content (AvgIpc) is 1.67. The molecule has 0 spiro atoms. The number of aliphatic carboxylic acids is 1. The monoisotopic (exact) mass is 135 g/mol. The van der Waals surface area contributed by atoms with E-state index >= 15 is 0 Å². The van der Waals surface area contributed by atoms with Crippen LogP contribution in [0.4, 0.5) is 0 Å². The Morgan fingerprint density at radius 2 is 2.38 bits per heavy atom. The summed E-state index contributed by atoms with van der Waals surface area (Å²) < 4.78 is 0. The van der Waals surface area contributed by atoms with Gasteiger partial charge in [-0.15, -0.1) is 0 Å². The lowest BCUT2D eigenvalue weighted by Gasteiger charge is -1.93. The molecule has 0 aliphatic carbocycles. The highest BCUT2D eigenvalue weighted by Crippen LogP contribution is 1.83. The number of rotatable bonds is 2. The topological polar surface area (TPSA) is 63.3 Å². The lowest BCUT2D eigenvalue weighted by atomic mass is 10.3. The SMILES string of the molecule is N[C@H](/C=C/Cl)C(=O)O. The molecular weight excluding hydrogens is 130 g/mol. The zero-order valence-corrected chi connectivity index (χ0v) is 4.80. The minimum absolute atomic E-state index is 0.979. The molecule has 0 aromatic carbocycles. The highest BCUT2D eigenvalue weighted by Gasteiger charge is 2.04. The van der Waals surface area contributed by atoms with Crippen LogP contribution in [-0.2, 0) is 4.79 Å². The maximum absolute atomic E-state index is 9.85. The highest BCUT2D eigenvalue weighted by molar-refractivity contribution is 6.25. The Morgan fingerprint density at radius 1 is 1.88 bits per heavy atom. The molecule has 0 bridgehead atoms. The van der Waals surface area contributed by atoms with Gasteiger partial charge in [-0.1, -0.05) is 11.6 Å². The third-order valence-electron chi connectivity index (χ3n) is 0.565. The minimum atomic E-state index is -1.08. The van der Waals surface area contributed by atoms with Gasteiger partial charge in [0.1, 0.15) is 6.04 Å². The number of nitrogens with two attached hydrogens (primary N) is 1. The van der Waals surface area contributed by atoms with Crippen LogP contribution in [0.1, 0.15) is 0 Å². The maximum atomic E-state index is 9.85. The van der Waals surface area contributed by atoms with E-state index in [9.17, 15) is 4.79 Å². The van der Waals surface area contributed by atoms with Crippen molar-refractivity contribution < 1.29 is 9.90 Å². The van der Waals surface area contributed by atoms with Crippen LogP contribution in [0.25, 0.3) is 0 Å². The first-order chi connectivity index (χ1) is 3.68. The quantitative estimate of drug-likeness (QED) is 0.567. The Hall–Kier alpha value is -0.540. The summed E-state index contributed by atoms with van der Waals surface area (Å²) in [5.74, 6) is -1.08. The second kappa shape index (κ2) is 3.46. The van der Waals surface area contributed by atoms with Crippen molar-refractivity contribution >= 4 is 17.6 Å². The molecule has 1 atom stereocenters. The summed E-state index contributed by atoms with van der Waals surface area (Å²) >= 11 is 5.02. The highest BCUT2D eigenvalue weighted by atomic mass is 35.5. The van der Waals surface area contributed by atoms with Gasteiger partial charge in [0.15, 0.2) is 0 Å². The zero-order chi connectivity index (χ0) is 6.57. The van der Waals surface area contributed by atoms with Gasteiger partial charge in [-0.2, -0.15) is 0 Å². The fourth-order valence-electron chi connectivity index (χ4n) is 0.161. The van der Waals surface area contributed by atoms with Crippen LogP contribution in [0, 0.1) is 0 Å². The predicted octanol–water partition coefficient (Wildman–Crippen LogP) is 0.151. The van der Waals surface area contributed by atoms with E-state index in [-0.39, 0.29) is 0 Å². The van der Waals surface area contributed by atoms with Crippen molar-refractivity contribution in [1.82, 2.24) is 0 Å². The van der Waals surface area contributed by atoms with Crippen molar-refractivity contribution in [1.29, 1.82) is 0 Å². The molecule has 0 aliphatic heterocycles. The number of carboxylic acids is 1. The first kappa shape index (κ1) is 7.46. The van der Waals surface area contributed by atoms with E-state index in [4.69, 9.17) is 22.4 Å². The van der Waals surface area contributed by atoms with Crippen LogP contribution in [0.3, 0.4) is 0 Å². The summed E-state index contributed by atoms with van der Waals surface area (Å²) in [6.07, 6.45) is 1.18. The first-order valence-corrected chi connectivity index (χ1v) is 2.37. The van der Waals surface area contributed by atoms with Crippen molar-refractivity contribution in [3.63, 3.8) is 0 Å². The van der Waals surface area contributed by atoms with Gasteiger partial charge >= 0.3 is 5.97 Å². The predicted molar refractivity (Wildman–Crippen MR) is 30.6 cm³/mol. The molecule has 0 radical (unpaired) electrons. The lowest BCUT2D eigenvalue weighted by Crippen LogP contribution is -2.27. The Labute approximate surface area is 51.7 Å². The molecule has 0 unspecified atom stereocenters. The molecule has 8 heavy (non-hydrogen) atoms. The van der Waals surface area contributed by atoms with E-state index in [0.717, 1.165) is 5.54 Å². The number of hydrogen-bond acceptors (Lipinski definition) is 2. The van der Waals surface area contributed by atoms with Crippen LogP contribution >= 0.6 is 11.6 Å². The lowest BCUT2D eigenvalue weighted by molar-refractivity contribution is -0.137. The van der Waals surface area contributed by atoms with E-state index in [1.54, 1.807) is 0 Å². The van der Waals surface area contributed by atoms with Crippen molar-refractivity contribution in [2.45, 2.75) is 6.04 Å². The summed E-state index contributed by atoms with van der Waals surface area (Å²) in [7, 11) is 0. The molecule has 3 nitrogen and oxygen atoms in total. The summed E-state index contributed by atoms with van der Waals surface area (Å²) in [6, 6.07) is -0.979. The molecule has 0 amide bonds. The molecule has 0 aromatic heterocycles. The third kappa shape index (κ3) is 2.60. The van der Waals surface area contributed by atoms with Gasteiger partial charge in [-0.3, -0.25) is 4.79 Å². The van der Waals surface area contributed by atoms with E-state index in [2.05, 4.69) is 0 Å².